The zero-order valence-electron chi connectivity index (χ0n) is 12.0. The minimum atomic E-state index is -1.14. The molecule has 0 radical (unpaired) electrons. The molecule has 0 amide bonds. The Labute approximate surface area is 131 Å². The Morgan fingerprint density at radius 2 is 1.74 bits per heavy atom. The molecule has 3 rings (SSSR count). The maximum Gasteiger partial charge on any atom is 0.336 e. The number of phenolic OH excluding ortho intramolecular Hbond substituents is 2. The molecule has 2 aromatic rings. The first-order valence-corrected chi connectivity index (χ1v) is 6.91. The minimum Gasteiger partial charge on any atom is -0.508 e. The molecule has 0 saturated carbocycles. The molecule has 118 valence electrons. The topological polar surface area (TPSA) is 96.2 Å². The number of carboxylic acid groups (broad SMARTS) is 1. The number of benzene rings is 2. The summed E-state index contributed by atoms with van der Waals surface area (Å²) in [6.07, 6.45) is 1.34. The standard InChI is InChI=1S/C17H14O6/c18-12-3-1-11(14(19)9-12)7-13(17(20)21)10-2-4-15-16(8-10)23-6-5-22-15/h1-4,7-9,18-19H,5-6H2,(H,20,21)/b13-7-. The predicted molar refractivity (Wildman–Crippen MR) is 82.7 cm³/mol. The normalized spacial score (nSPS) is 13.7. The van der Waals surface area contributed by atoms with Crippen LogP contribution in [0.5, 0.6) is 23.0 Å². The van der Waals surface area contributed by atoms with Crippen LogP contribution in [-0.2, 0) is 4.79 Å². The van der Waals surface area contributed by atoms with Gasteiger partial charge in [-0.1, -0.05) is 6.07 Å². The number of carboxylic acids is 1. The van der Waals surface area contributed by atoms with E-state index in [-0.39, 0.29) is 22.6 Å². The van der Waals surface area contributed by atoms with Crippen LogP contribution in [0.15, 0.2) is 36.4 Å². The second kappa shape index (κ2) is 5.92. The van der Waals surface area contributed by atoms with Gasteiger partial charge in [-0.3, -0.25) is 0 Å². The zero-order valence-corrected chi connectivity index (χ0v) is 12.0. The van der Waals surface area contributed by atoms with Crippen molar-refractivity contribution in [2.45, 2.75) is 0 Å². The Balaban J connectivity index is 2.05. The van der Waals surface area contributed by atoms with Gasteiger partial charge in [-0.2, -0.15) is 0 Å². The summed E-state index contributed by atoms with van der Waals surface area (Å²) in [5.41, 5.74) is 0.701. The summed E-state index contributed by atoms with van der Waals surface area (Å²) in [6, 6.07) is 8.81. The first kappa shape index (κ1) is 14.8. The Morgan fingerprint density at radius 1 is 1.00 bits per heavy atom. The Morgan fingerprint density at radius 3 is 2.43 bits per heavy atom. The quantitative estimate of drug-likeness (QED) is 0.595. The lowest BCUT2D eigenvalue weighted by atomic mass is 10.0. The number of rotatable bonds is 3. The van der Waals surface area contributed by atoms with Gasteiger partial charge in [-0.05, 0) is 35.9 Å². The molecule has 1 aliphatic heterocycles. The van der Waals surface area contributed by atoms with Crippen molar-refractivity contribution >= 4 is 17.6 Å². The number of aromatic hydroxyl groups is 2. The second-order valence-electron chi connectivity index (χ2n) is 4.96. The highest BCUT2D eigenvalue weighted by Crippen LogP contribution is 2.34. The van der Waals surface area contributed by atoms with Crippen molar-refractivity contribution in [2.75, 3.05) is 13.2 Å². The zero-order chi connectivity index (χ0) is 16.4. The molecule has 0 spiro atoms. The van der Waals surface area contributed by atoms with Gasteiger partial charge in [0.15, 0.2) is 11.5 Å². The van der Waals surface area contributed by atoms with E-state index in [9.17, 15) is 20.1 Å². The second-order valence-corrected chi connectivity index (χ2v) is 4.96. The van der Waals surface area contributed by atoms with E-state index < -0.39 is 5.97 Å². The fourth-order valence-electron chi connectivity index (χ4n) is 2.29. The molecule has 0 aliphatic carbocycles. The van der Waals surface area contributed by atoms with Crippen LogP contribution < -0.4 is 9.47 Å². The highest BCUT2D eigenvalue weighted by molar-refractivity contribution is 6.21. The van der Waals surface area contributed by atoms with Crippen LogP contribution in [0.1, 0.15) is 11.1 Å². The van der Waals surface area contributed by atoms with Gasteiger partial charge in [-0.25, -0.2) is 4.79 Å². The van der Waals surface area contributed by atoms with Crippen LogP contribution >= 0.6 is 0 Å². The van der Waals surface area contributed by atoms with E-state index in [1.54, 1.807) is 18.2 Å². The molecule has 1 heterocycles. The third kappa shape index (κ3) is 3.06. The smallest absolute Gasteiger partial charge is 0.336 e. The van der Waals surface area contributed by atoms with Crippen molar-refractivity contribution in [1.82, 2.24) is 0 Å². The molecule has 1 aliphatic rings. The maximum absolute atomic E-state index is 11.6. The van der Waals surface area contributed by atoms with Crippen LogP contribution in [0.4, 0.5) is 0 Å². The summed E-state index contributed by atoms with van der Waals surface area (Å²) >= 11 is 0. The summed E-state index contributed by atoms with van der Waals surface area (Å²) in [6.45, 7) is 0.858. The molecule has 0 aromatic heterocycles. The molecule has 6 nitrogen and oxygen atoms in total. The largest absolute Gasteiger partial charge is 0.508 e. The number of hydrogen-bond acceptors (Lipinski definition) is 5. The minimum absolute atomic E-state index is 0.0111. The third-order valence-electron chi connectivity index (χ3n) is 3.40. The van der Waals surface area contributed by atoms with Crippen LogP contribution in [0.2, 0.25) is 0 Å². The lowest BCUT2D eigenvalue weighted by Gasteiger charge is -2.19. The van der Waals surface area contributed by atoms with Gasteiger partial charge < -0.3 is 24.8 Å². The number of ether oxygens (including phenoxy) is 2. The van der Waals surface area contributed by atoms with E-state index >= 15 is 0 Å². The molecule has 0 bridgehead atoms. The fourth-order valence-corrected chi connectivity index (χ4v) is 2.29. The van der Waals surface area contributed by atoms with Crippen LogP contribution in [0, 0.1) is 0 Å². The van der Waals surface area contributed by atoms with E-state index in [0.29, 0.717) is 30.3 Å². The summed E-state index contributed by atoms with van der Waals surface area (Å²) in [4.78, 5) is 11.6. The van der Waals surface area contributed by atoms with Crippen molar-refractivity contribution in [1.29, 1.82) is 0 Å². The van der Waals surface area contributed by atoms with Gasteiger partial charge in [0, 0.05) is 11.6 Å². The predicted octanol–water partition coefficient (Wildman–Crippen LogP) is 2.49. The summed E-state index contributed by atoms with van der Waals surface area (Å²) in [5, 5.41) is 28.6. The molecule has 0 unspecified atom stereocenters. The van der Waals surface area contributed by atoms with Crippen molar-refractivity contribution in [3.05, 3.63) is 47.5 Å². The third-order valence-corrected chi connectivity index (χ3v) is 3.40. The van der Waals surface area contributed by atoms with Gasteiger partial charge >= 0.3 is 5.97 Å². The average Bonchev–Trinajstić information content (AvgIpc) is 2.53. The highest BCUT2D eigenvalue weighted by atomic mass is 16.6. The molecule has 2 aromatic carbocycles. The van der Waals surface area contributed by atoms with E-state index in [2.05, 4.69) is 0 Å². The number of fused-ring (bicyclic) bond motifs is 1. The first-order chi connectivity index (χ1) is 11.0. The monoisotopic (exact) mass is 314 g/mol. The summed E-state index contributed by atoms with van der Waals surface area (Å²) in [5.74, 6) is -0.403. The van der Waals surface area contributed by atoms with Crippen LogP contribution in [0.25, 0.3) is 11.6 Å². The van der Waals surface area contributed by atoms with E-state index in [0.717, 1.165) is 6.07 Å². The van der Waals surface area contributed by atoms with Gasteiger partial charge in [0.05, 0.1) is 5.57 Å². The molecule has 0 fully saturated rings. The van der Waals surface area contributed by atoms with E-state index in [4.69, 9.17) is 9.47 Å². The van der Waals surface area contributed by atoms with Crippen molar-refractivity contribution in [3.63, 3.8) is 0 Å². The van der Waals surface area contributed by atoms with Crippen molar-refractivity contribution < 1.29 is 29.6 Å². The molecule has 0 saturated heterocycles. The van der Waals surface area contributed by atoms with E-state index in [1.165, 1.54) is 18.2 Å². The Hall–Kier alpha value is -3.15. The van der Waals surface area contributed by atoms with Crippen LogP contribution in [-0.4, -0.2) is 34.5 Å². The molecule has 3 N–H and O–H groups in total. The number of hydrogen-bond donors (Lipinski definition) is 3. The Bertz CT molecular complexity index is 794. The Kier molecular flexibility index (Phi) is 3.80. The van der Waals surface area contributed by atoms with Gasteiger partial charge in [0.2, 0.25) is 0 Å². The first-order valence-electron chi connectivity index (χ1n) is 6.91. The van der Waals surface area contributed by atoms with Gasteiger partial charge in [-0.15, -0.1) is 0 Å². The van der Waals surface area contributed by atoms with Crippen LogP contribution in [0.3, 0.4) is 0 Å². The lowest BCUT2D eigenvalue weighted by Crippen LogP contribution is -2.15. The number of aliphatic carboxylic acids is 1. The average molecular weight is 314 g/mol. The van der Waals surface area contributed by atoms with Gasteiger partial charge in [0.25, 0.3) is 0 Å². The van der Waals surface area contributed by atoms with Crippen molar-refractivity contribution in [3.8, 4) is 23.0 Å². The number of carbonyl (C=O) groups is 1. The molecule has 6 heteroatoms. The molecular formula is C17H14O6. The highest BCUT2D eigenvalue weighted by Gasteiger charge is 2.17. The SMILES string of the molecule is O=C(O)/C(=C\c1ccc(O)cc1O)c1ccc2c(c1)OCCO2. The number of phenols is 2. The molecule has 23 heavy (non-hydrogen) atoms. The maximum atomic E-state index is 11.6. The molecule has 0 atom stereocenters. The van der Waals surface area contributed by atoms with Gasteiger partial charge in [0.1, 0.15) is 24.7 Å². The van der Waals surface area contributed by atoms with Crippen molar-refractivity contribution in [2.24, 2.45) is 0 Å². The summed E-state index contributed by atoms with van der Waals surface area (Å²) in [7, 11) is 0. The van der Waals surface area contributed by atoms with E-state index in [1.807, 2.05) is 0 Å². The molecular weight excluding hydrogens is 300 g/mol. The summed E-state index contributed by atoms with van der Waals surface area (Å²) < 4.78 is 10.9. The fraction of sp³-hybridized carbons (Fsp3) is 0.118. The lowest BCUT2D eigenvalue weighted by molar-refractivity contribution is -0.130.